The Morgan fingerprint density at radius 3 is 2.50 bits per heavy atom. The summed E-state index contributed by atoms with van der Waals surface area (Å²) in [5, 5.41) is 6.51. The van der Waals surface area contributed by atoms with Crippen molar-refractivity contribution >= 4 is 39.8 Å². The Labute approximate surface area is 193 Å². The first kappa shape index (κ1) is 27.0. The summed E-state index contributed by atoms with van der Waals surface area (Å²) < 4.78 is 60.4. The van der Waals surface area contributed by atoms with Crippen LogP contribution in [0, 0.1) is 0 Å². The highest BCUT2D eigenvalue weighted by atomic mass is 127. The minimum absolute atomic E-state index is 0. The van der Waals surface area contributed by atoms with Crippen molar-refractivity contribution in [1.82, 2.24) is 15.5 Å². The second-order valence-corrected chi connectivity index (χ2v) is 9.56. The van der Waals surface area contributed by atoms with Crippen LogP contribution >= 0.6 is 24.0 Å². The molecule has 172 valence electrons. The Balaban J connectivity index is 0.00000450. The Kier molecular flexibility index (Phi) is 10.9. The number of benzene rings is 1. The van der Waals surface area contributed by atoms with Gasteiger partial charge in [0.05, 0.1) is 11.3 Å². The molecule has 0 aromatic heterocycles. The van der Waals surface area contributed by atoms with E-state index in [0.717, 1.165) is 37.2 Å². The zero-order valence-corrected chi connectivity index (χ0v) is 20.4. The van der Waals surface area contributed by atoms with E-state index in [9.17, 15) is 21.6 Å². The maximum absolute atomic E-state index is 12.7. The van der Waals surface area contributed by atoms with Gasteiger partial charge in [0.25, 0.3) is 0 Å². The number of hydrogen-bond donors (Lipinski definition) is 2. The van der Waals surface area contributed by atoms with E-state index in [-0.39, 0.29) is 35.8 Å². The van der Waals surface area contributed by atoms with E-state index in [2.05, 4.69) is 20.5 Å². The lowest BCUT2D eigenvalue weighted by molar-refractivity contribution is -0.137. The number of halogens is 4. The van der Waals surface area contributed by atoms with Crippen LogP contribution in [-0.2, 0) is 22.6 Å². The van der Waals surface area contributed by atoms with Crippen molar-refractivity contribution in [2.24, 2.45) is 4.99 Å². The molecule has 0 aliphatic carbocycles. The summed E-state index contributed by atoms with van der Waals surface area (Å²) in [5.74, 6) is 0.766. The van der Waals surface area contributed by atoms with Gasteiger partial charge in [-0.25, -0.2) is 8.42 Å². The highest BCUT2D eigenvalue weighted by Crippen LogP contribution is 2.29. The first-order chi connectivity index (χ1) is 13.6. The van der Waals surface area contributed by atoms with E-state index >= 15 is 0 Å². The van der Waals surface area contributed by atoms with Crippen LogP contribution in [0.25, 0.3) is 0 Å². The summed E-state index contributed by atoms with van der Waals surface area (Å²) in [6.45, 7) is 5.27. The largest absolute Gasteiger partial charge is 0.416 e. The molecule has 2 N–H and O–H groups in total. The third-order valence-corrected chi connectivity index (χ3v) is 5.62. The average Bonchev–Trinajstić information content (AvgIpc) is 3.04. The van der Waals surface area contributed by atoms with Crippen LogP contribution < -0.4 is 10.6 Å². The topological polar surface area (TPSA) is 73.8 Å². The van der Waals surface area contributed by atoms with E-state index in [4.69, 9.17) is 0 Å². The summed E-state index contributed by atoms with van der Waals surface area (Å²) in [6, 6.07) is 5.46. The molecule has 1 aliphatic heterocycles. The fourth-order valence-corrected chi connectivity index (χ4v) is 3.84. The fourth-order valence-electron chi connectivity index (χ4n) is 3.18. The van der Waals surface area contributed by atoms with Gasteiger partial charge in [0.2, 0.25) is 0 Å². The van der Waals surface area contributed by atoms with Crippen LogP contribution in [0.15, 0.2) is 29.3 Å². The molecule has 0 bridgehead atoms. The van der Waals surface area contributed by atoms with E-state index < -0.39 is 21.6 Å². The van der Waals surface area contributed by atoms with E-state index in [1.165, 1.54) is 18.4 Å². The van der Waals surface area contributed by atoms with Crippen molar-refractivity contribution in [3.05, 3.63) is 35.4 Å². The Morgan fingerprint density at radius 1 is 1.27 bits per heavy atom. The van der Waals surface area contributed by atoms with Gasteiger partial charge in [-0.1, -0.05) is 12.1 Å². The van der Waals surface area contributed by atoms with E-state index in [1.807, 2.05) is 6.92 Å². The van der Waals surface area contributed by atoms with Crippen LogP contribution in [0.5, 0.6) is 0 Å². The van der Waals surface area contributed by atoms with Gasteiger partial charge in [0.15, 0.2) is 5.96 Å². The lowest BCUT2D eigenvalue weighted by Gasteiger charge is -2.19. The van der Waals surface area contributed by atoms with Crippen molar-refractivity contribution < 1.29 is 21.6 Å². The molecule has 1 aromatic carbocycles. The number of guanidine groups is 1. The van der Waals surface area contributed by atoms with Crippen LogP contribution in [0.3, 0.4) is 0 Å². The highest BCUT2D eigenvalue weighted by molar-refractivity contribution is 14.0. The number of hydrogen-bond acceptors (Lipinski definition) is 4. The number of sulfone groups is 1. The van der Waals surface area contributed by atoms with Crippen molar-refractivity contribution in [3.8, 4) is 0 Å². The Hall–Kier alpha value is -1.08. The molecule has 0 spiro atoms. The molecular formula is C19H30F3IN4O2S. The minimum Gasteiger partial charge on any atom is -0.357 e. The van der Waals surface area contributed by atoms with Gasteiger partial charge in [-0.3, -0.25) is 9.89 Å². The molecule has 1 fully saturated rings. The van der Waals surface area contributed by atoms with Crippen LogP contribution in [0.2, 0.25) is 0 Å². The van der Waals surface area contributed by atoms with Crippen molar-refractivity contribution in [1.29, 1.82) is 0 Å². The van der Waals surface area contributed by atoms with Crippen molar-refractivity contribution in [3.63, 3.8) is 0 Å². The van der Waals surface area contributed by atoms with Crippen LogP contribution in [0.4, 0.5) is 13.2 Å². The fraction of sp³-hybridized carbons (Fsp3) is 0.632. The third kappa shape index (κ3) is 9.82. The molecule has 6 nitrogen and oxygen atoms in total. The van der Waals surface area contributed by atoms with Crippen LogP contribution in [-0.4, -0.2) is 63.5 Å². The lowest BCUT2D eigenvalue weighted by atomic mass is 10.1. The number of nitrogens with one attached hydrogen (secondary N) is 2. The smallest absolute Gasteiger partial charge is 0.357 e. The second-order valence-electron chi connectivity index (χ2n) is 7.30. The quantitative estimate of drug-likeness (QED) is 0.221. The molecular weight excluding hydrogens is 532 g/mol. The number of aliphatic imine (C=N–C) groups is 1. The first-order valence-electron chi connectivity index (χ1n) is 9.68. The maximum atomic E-state index is 12.7. The summed E-state index contributed by atoms with van der Waals surface area (Å²) in [6.07, 6.45) is -1.73. The summed E-state index contributed by atoms with van der Waals surface area (Å²) >= 11 is 0. The van der Waals surface area contributed by atoms with E-state index in [0.29, 0.717) is 32.0 Å². The predicted octanol–water partition coefficient (Wildman–Crippen LogP) is 2.89. The number of alkyl halides is 3. The zero-order valence-electron chi connectivity index (χ0n) is 17.2. The summed E-state index contributed by atoms with van der Waals surface area (Å²) in [4.78, 5) is 6.61. The molecule has 0 amide bonds. The molecule has 30 heavy (non-hydrogen) atoms. The first-order valence-corrected chi connectivity index (χ1v) is 11.7. The molecule has 1 aliphatic rings. The maximum Gasteiger partial charge on any atom is 0.416 e. The van der Waals surface area contributed by atoms with Gasteiger partial charge in [-0.15, -0.1) is 24.0 Å². The van der Waals surface area contributed by atoms with E-state index in [1.54, 1.807) is 0 Å². The summed E-state index contributed by atoms with van der Waals surface area (Å²) in [5.41, 5.74) is 0.213. The molecule has 1 heterocycles. The molecule has 2 rings (SSSR count). The second kappa shape index (κ2) is 12.1. The normalized spacial score (nSPS) is 18.2. The SMILES string of the molecule is CCNC(=NCCCS(C)(=O)=O)NC1CCN(Cc2ccc(C(F)(F)F)cc2)C1.I. The predicted molar refractivity (Wildman–Crippen MR) is 124 cm³/mol. The molecule has 1 unspecified atom stereocenters. The molecule has 1 atom stereocenters. The van der Waals surface area contributed by atoms with Gasteiger partial charge in [0.1, 0.15) is 9.84 Å². The average molecular weight is 562 g/mol. The number of nitrogens with zero attached hydrogens (tertiary/aromatic N) is 2. The standard InChI is InChI=1S/C19H29F3N4O2S.HI/c1-3-23-18(24-10-4-12-29(2,27)28)25-17-9-11-26(14-17)13-15-5-7-16(8-6-15)19(20,21)22;/h5-8,17H,3-4,9-14H2,1-2H3,(H2,23,24,25);1H. The van der Waals surface area contributed by atoms with Gasteiger partial charge in [0, 0.05) is 45.0 Å². The number of likely N-dealkylation sites (tertiary alicyclic amines) is 1. The molecule has 1 saturated heterocycles. The van der Waals surface area contributed by atoms with Gasteiger partial charge >= 0.3 is 6.18 Å². The molecule has 11 heteroatoms. The monoisotopic (exact) mass is 562 g/mol. The zero-order chi connectivity index (χ0) is 21.5. The minimum atomic E-state index is -4.31. The van der Waals surface area contributed by atoms with Crippen molar-refractivity contribution in [2.75, 3.05) is 38.2 Å². The highest BCUT2D eigenvalue weighted by Gasteiger charge is 2.30. The van der Waals surface area contributed by atoms with Gasteiger partial charge in [-0.2, -0.15) is 13.2 Å². The Morgan fingerprint density at radius 2 is 1.93 bits per heavy atom. The number of rotatable bonds is 8. The molecule has 0 radical (unpaired) electrons. The van der Waals surface area contributed by atoms with Gasteiger partial charge < -0.3 is 10.6 Å². The van der Waals surface area contributed by atoms with Gasteiger partial charge in [-0.05, 0) is 37.5 Å². The summed E-state index contributed by atoms with van der Waals surface area (Å²) in [7, 11) is -2.98. The molecule has 1 aromatic rings. The van der Waals surface area contributed by atoms with Crippen molar-refractivity contribution in [2.45, 2.75) is 38.5 Å². The Bertz CT molecular complexity index is 786. The molecule has 0 saturated carbocycles. The van der Waals surface area contributed by atoms with Crippen LogP contribution in [0.1, 0.15) is 30.9 Å². The lowest BCUT2D eigenvalue weighted by Crippen LogP contribution is -2.44. The third-order valence-electron chi connectivity index (χ3n) is 4.59.